The highest BCUT2D eigenvalue weighted by molar-refractivity contribution is 5.34. The van der Waals surface area contributed by atoms with E-state index in [1.807, 2.05) is 12.1 Å². The highest BCUT2D eigenvalue weighted by Crippen LogP contribution is 2.43. The van der Waals surface area contributed by atoms with Crippen molar-refractivity contribution in [2.24, 2.45) is 5.41 Å². The minimum atomic E-state index is 0.255. The van der Waals surface area contributed by atoms with Crippen LogP contribution in [0.15, 0.2) is 48.5 Å². The van der Waals surface area contributed by atoms with Crippen LogP contribution in [-0.4, -0.2) is 5.11 Å². The third kappa shape index (κ3) is 2.96. The number of hydrogen-bond acceptors (Lipinski definition) is 2. The van der Waals surface area contributed by atoms with Crippen molar-refractivity contribution in [2.45, 2.75) is 39.3 Å². The molecule has 2 nitrogen and oxygen atoms in total. The largest absolute Gasteiger partial charge is 0.508 e. The summed E-state index contributed by atoms with van der Waals surface area (Å²) < 4.78 is 0. The Hall–Kier alpha value is -1.80. The smallest absolute Gasteiger partial charge is 0.115 e. The van der Waals surface area contributed by atoms with Crippen molar-refractivity contribution in [3.05, 3.63) is 65.2 Å². The Balaban J connectivity index is 1.81. The SMILES string of the molecule is CC1(C)CCc2ccccc2C1NCc1ccc(O)cc1. The van der Waals surface area contributed by atoms with Gasteiger partial charge < -0.3 is 10.4 Å². The molecule has 0 saturated carbocycles. The number of hydrogen-bond donors (Lipinski definition) is 2. The topological polar surface area (TPSA) is 32.3 Å². The van der Waals surface area contributed by atoms with Gasteiger partial charge in [0.2, 0.25) is 0 Å². The summed E-state index contributed by atoms with van der Waals surface area (Å²) in [6, 6.07) is 16.6. The molecule has 0 radical (unpaired) electrons. The summed E-state index contributed by atoms with van der Waals surface area (Å²) in [6.45, 7) is 5.51. The van der Waals surface area contributed by atoms with Gasteiger partial charge in [-0.3, -0.25) is 0 Å². The van der Waals surface area contributed by atoms with Gasteiger partial charge in [0.25, 0.3) is 0 Å². The third-order valence-electron chi connectivity index (χ3n) is 4.63. The van der Waals surface area contributed by atoms with Crippen LogP contribution in [-0.2, 0) is 13.0 Å². The summed E-state index contributed by atoms with van der Waals surface area (Å²) >= 11 is 0. The molecular weight excluding hydrogens is 258 g/mol. The zero-order valence-electron chi connectivity index (χ0n) is 12.8. The fourth-order valence-corrected chi connectivity index (χ4v) is 3.29. The van der Waals surface area contributed by atoms with Crippen LogP contribution in [0, 0.1) is 5.41 Å². The molecule has 0 aromatic heterocycles. The average molecular weight is 281 g/mol. The zero-order valence-corrected chi connectivity index (χ0v) is 12.8. The van der Waals surface area contributed by atoms with E-state index in [2.05, 4.69) is 43.4 Å². The van der Waals surface area contributed by atoms with Gasteiger partial charge in [-0.1, -0.05) is 50.2 Å². The van der Waals surface area contributed by atoms with Gasteiger partial charge in [0, 0.05) is 12.6 Å². The molecule has 2 aromatic carbocycles. The first kappa shape index (κ1) is 14.2. The minimum absolute atomic E-state index is 0.255. The predicted molar refractivity (Wildman–Crippen MR) is 86.2 cm³/mol. The van der Waals surface area contributed by atoms with Crippen LogP contribution in [0.4, 0.5) is 0 Å². The minimum Gasteiger partial charge on any atom is -0.508 e. The van der Waals surface area contributed by atoms with E-state index in [1.54, 1.807) is 12.1 Å². The van der Waals surface area contributed by atoms with Crippen LogP contribution in [0.5, 0.6) is 5.75 Å². The van der Waals surface area contributed by atoms with Gasteiger partial charge in [0.15, 0.2) is 0 Å². The van der Waals surface area contributed by atoms with Crippen molar-refractivity contribution in [3.63, 3.8) is 0 Å². The average Bonchev–Trinajstić information content (AvgIpc) is 2.48. The summed E-state index contributed by atoms with van der Waals surface area (Å²) in [5, 5.41) is 13.1. The molecule has 110 valence electrons. The summed E-state index contributed by atoms with van der Waals surface area (Å²) in [5.74, 6) is 0.321. The molecule has 21 heavy (non-hydrogen) atoms. The Morgan fingerprint density at radius 3 is 2.57 bits per heavy atom. The van der Waals surface area contributed by atoms with Gasteiger partial charge in [-0.15, -0.1) is 0 Å². The van der Waals surface area contributed by atoms with Gasteiger partial charge in [0.05, 0.1) is 0 Å². The van der Waals surface area contributed by atoms with E-state index in [0.29, 0.717) is 11.8 Å². The Labute approximate surface area is 126 Å². The van der Waals surface area contributed by atoms with Crippen molar-refractivity contribution in [1.29, 1.82) is 0 Å². The van der Waals surface area contributed by atoms with Gasteiger partial charge in [-0.2, -0.15) is 0 Å². The third-order valence-corrected chi connectivity index (χ3v) is 4.63. The van der Waals surface area contributed by atoms with E-state index in [0.717, 1.165) is 6.54 Å². The molecule has 1 unspecified atom stereocenters. The number of nitrogens with one attached hydrogen (secondary N) is 1. The van der Waals surface area contributed by atoms with E-state index in [4.69, 9.17) is 0 Å². The second-order valence-corrected chi connectivity index (χ2v) is 6.67. The Morgan fingerprint density at radius 1 is 1.10 bits per heavy atom. The molecular formula is C19H23NO. The molecule has 2 N–H and O–H groups in total. The number of fused-ring (bicyclic) bond motifs is 1. The lowest BCUT2D eigenvalue weighted by atomic mass is 9.70. The highest BCUT2D eigenvalue weighted by atomic mass is 16.3. The van der Waals surface area contributed by atoms with E-state index in [1.165, 1.54) is 29.5 Å². The lowest BCUT2D eigenvalue weighted by Crippen LogP contribution is -2.37. The van der Waals surface area contributed by atoms with Gasteiger partial charge in [0.1, 0.15) is 5.75 Å². The van der Waals surface area contributed by atoms with Crippen molar-refractivity contribution in [3.8, 4) is 5.75 Å². The summed E-state index contributed by atoms with van der Waals surface area (Å²) in [5.41, 5.74) is 4.37. The number of benzene rings is 2. The van der Waals surface area contributed by atoms with Gasteiger partial charge in [-0.05, 0) is 47.1 Å². The van der Waals surface area contributed by atoms with E-state index < -0.39 is 0 Å². The number of phenols is 1. The molecule has 2 aromatic rings. The first-order valence-corrected chi connectivity index (χ1v) is 7.65. The first-order valence-electron chi connectivity index (χ1n) is 7.65. The van der Waals surface area contributed by atoms with E-state index in [9.17, 15) is 5.11 Å². The van der Waals surface area contributed by atoms with Gasteiger partial charge >= 0.3 is 0 Å². The Bertz CT molecular complexity index is 616. The molecule has 0 amide bonds. The maximum Gasteiger partial charge on any atom is 0.115 e. The maximum absolute atomic E-state index is 9.37. The molecule has 0 fully saturated rings. The molecule has 1 aliphatic rings. The van der Waals surface area contributed by atoms with Crippen molar-refractivity contribution in [1.82, 2.24) is 5.32 Å². The van der Waals surface area contributed by atoms with E-state index in [-0.39, 0.29) is 5.41 Å². The van der Waals surface area contributed by atoms with Crippen LogP contribution in [0.25, 0.3) is 0 Å². The van der Waals surface area contributed by atoms with Crippen LogP contribution in [0.3, 0.4) is 0 Å². The lowest BCUT2D eigenvalue weighted by molar-refractivity contribution is 0.208. The van der Waals surface area contributed by atoms with Crippen molar-refractivity contribution >= 4 is 0 Å². The van der Waals surface area contributed by atoms with Crippen LogP contribution < -0.4 is 5.32 Å². The van der Waals surface area contributed by atoms with Crippen molar-refractivity contribution < 1.29 is 5.11 Å². The molecule has 0 saturated heterocycles. The Morgan fingerprint density at radius 2 is 1.81 bits per heavy atom. The summed E-state index contributed by atoms with van der Waals surface area (Å²) in [4.78, 5) is 0. The lowest BCUT2D eigenvalue weighted by Gasteiger charge is -2.40. The molecule has 1 aliphatic carbocycles. The second kappa shape index (κ2) is 5.53. The first-order chi connectivity index (χ1) is 10.1. The second-order valence-electron chi connectivity index (χ2n) is 6.67. The molecule has 0 aliphatic heterocycles. The Kier molecular flexibility index (Phi) is 3.73. The molecule has 3 rings (SSSR count). The zero-order chi connectivity index (χ0) is 14.9. The quantitative estimate of drug-likeness (QED) is 0.884. The fourth-order valence-electron chi connectivity index (χ4n) is 3.29. The molecule has 0 heterocycles. The van der Waals surface area contributed by atoms with Crippen molar-refractivity contribution in [2.75, 3.05) is 0 Å². The van der Waals surface area contributed by atoms with Crippen LogP contribution >= 0.6 is 0 Å². The maximum atomic E-state index is 9.37. The number of aromatic hydroxyl groups is 1. The molecule has 2 heteroatoms. The van der Waals surface area contributed by atoms with Crippen LogP contribution in [0.2, 0.25) is 0 Å². The number of aryl methyl sites for hydroxylation is 1. The molecule has 0 spiro atoms. The highest BCUT2D eigenvalue weighted by Gasteiger charge is 2.35. The van der Waals surface area contributed by atoms with Crippen LogP contribution in [0.1, 0.15) is 43.0 Å². The summed E-state index contributed by atoms with van der Waals surface area (Å²) in [6.07, 6.45) is 2.37. The molecule has 0 bridgehead atoms. The van der Waals surface area contributed by atoms with E-state index >= 15 is 0 Å². The standard InChI is InChI=1S/C19H23NO/c1-19(2)12-11-15-5-3-4-6-17(15)18(19)20-13-14-7-9-16(21)10-8-14/h3-10,18,20-21H,11-13H2,1-2H3. The monoisotopic (exact) mass is 281 g/mol. The number of rotatable bonds is 3. The molecule has 1 atom stereocenters. The summed E-state index contributed by atoms with van der Waals surface area (Å²) in [7, 11) is 0. The normalized spacial score (nSPS) is 20.0. The predicted octanol–water partition coefficient (Wildman–Crippen LogP) is 4.20. The fraction of sp³-hybridized carbons (Fsp3) is 0.368. The van der Waals surface area contributed by atoms with Gasteiger partial charge in [-0.25, -0.2) is 0 Å². The number of phenolic OH excluding ortho intramolecular Hbond substituents is 1.